The molecule has 96 valence electrons. The van der Waals surface area contributed by atoms with Crippen molar-refractivity contribution in [2.45, 2.75) is 5.51 Å². The Balaban J connectivity index is 3.26. The van der Waals surface area contributed by atoms with E-state index in [9.17, 15) is 18.0 Å². The second-order valence-corrected chi connectivity index (χ2v) is 4.33. The minimum Gasteiger partial charge on any atom is -0.337 e. The average Bonchev–Trinajstić information content (AvgIpc) is 2.14. The van der Waals surface area contributed by atoms with Crippen LogP contribution in [0.15, 0.2) is 0 Å². The van der Waals surface area contributed by atoms with Crippen molar-refractivity contribution >= 4 is 17.8 Å². The highest BCUT2D eigenvalue weighted by Gasteiger charge is 2.27. The van der Waals surface area contributed by atoms with Gasteiger partial charge in [0.25, 0.3) is 0 Å². The van der Waals surface area contributed by atoms with Crippen LogP contribution in [-0.2, 0) is 0 Å². The largest absolute Gasteiger partial charge is 0.441 e. The predicted molar refractivity (Wildman–Crippen MR) is 58.5 cm³/mol. The number of amides is 2. The van der Waals surface area contributed by atoms with Crippen molar-refractivity contribution in [3.63, 3.8) is 0 Å². The molecular formula is C8H16F3N3OS. The van der Waals surface area contributed by atoms with E-state index in [1.165, 1.54) is 4.90 Å². The van der Waals surface area contributed by atoms with Crippen LogP contribution in [0.25, 0.3) is 0 Å². The third-order valence-electron chi connectivity index (χ3n) is 1.53. The van der Waals surface area contributed by atoms with E-state index in [2.05, 4.69) is 10.6 Å². The summed E-state index contributed by atoms with van der Waals surface area (Å²) in [6.45, 7) is 1.12. The highest BCUT2D eigenvalue weighted by atomic mass is 32.2. The first-order valence-electron chi connectivity index (χ1n) is 4.69. The van der Waals surface area contributed by atoms with Gasteiger partial charge in [-0.25, -0.2) is 4.79 Å². The summed E-state index contributed by atoms with van der Waals surface area (Å²) in [5, 5.41) is 5.38. The van der Waals surface area contributed by atoms with Crippen molar-refractivity contribution in [2.24, 2.45) is 0 Å². The number of urea groups is 1. The zero-order valence-corrected chi connectivity index (χ0v) is 10.0. The summed E-state index contributed by atoms with van der Waals surface area (Å²) in [4.78, 5) is 12.4. The van der Waals surface area contributed by atoms with E-state index >= 15 is 0 Å². The number of carbonyl (C=O) groups excluding carboxylic acids is 1. The number of halogens is 3. The quantitative estimate of drug-likeness (QED) is 0.702. The first-order chi connectivity index (χ1) is 7.33. The molecule has 4 nitrogen and oxygen atoms in total. The number of nitrogens with one attached hydrogen (secondary N) is 2. The maximum atomic E-state index is 11.7. The lowest BCUT2D eigenvalue weighted by Gasteiger charge is -2.12. The maximum absolute atomic E-state index is 11.7. The number of alkyl halides is 3. The van der Waals surface area contributed by atoms with Gasteiger partial charge in [0.2, 0.25) is 0 Å². The molecule has 0 rings (SSSR count). The molecule has 0 aromatic rings. The van der Waals surface area contributed by atoms with E-state index in [4.69, 9.17) is 0 Å². The van der Waals surface area contributed by atoms with Crippen LogP contribution < -0.4 is 10.6 Å². The molecule has 0 aliphatic heterocycles. The minimum atomic E-state index is -4.17. The van der Waals surface area contributed by atoms with Gasteiger partial charge in [0.05, 0.1) is 0 Å². The molecule has 2 amide bonds. The molecule has 0 aliphatic rings. The number of hydrogen-bond acceptors (Lipinski definition) is 3. The van der Waals surface area contributed by atoms with E-state index in [0.29, 0.717) is 13.1 Å². The highest BCUT2D eigenvalue weighted by molar-refractivity contribution is 8.00. The lowest BCUT2D eigenvalue weighted by atomic mass is 10.6. The number of thioether (sulfide) groups is 1. The molecule has 2 N–H and O–H groups in total. The summed E-state index contributed by atoms with van der Waals surface area (Å²) >= 11 is -0.0553. The Bertz CT molecular complexity index is 211. The first-order valence-corrected chi connectivity index (χ1v) is 5.68. The zero-order chi connectivity index (χ0) is 12.6. The predicted octanol–water partition coefficient (Wildman–Crippen LogP) is 1.10. The summed E-state index contributed by atoms with van der Waals surface area (Å²) in [6, 6.07) is -0.216. The van der Waals surface area contributed by atoms with E-state index in [0.717, 1.165) is 0 Å². The van der Waals surface area contributed by atoms with Crippen LogP contribution in [-0.4, -0.2) is 55.9 Å². The molecule has 16 heavy (non-hydrogen) atoms. The van der Waals surface area contributed by atoms with E-state index in [1.807, 2.05) is 0 Å². The smallest absolute Gasteiger partial charge is 0.337 e. The number of hydrogen-bond donors (Lipinski definition) is 2. The molecule has 0 aromatic heterocycles. The summed E-state index contributed by atoms with van der Waals surface area (Å²) in [6.07, 6.45) is 0. The van der Waals surface area contributed by atoms with Crippen LogP contribution in [0.4, 0.5) is 18.0 Å². The zero-order valence-electron chi connectivity index (χ0n) is 9.23. The standard InChI is InChI=1S/C8H16F3N3OS/c1-14(2)7(15)13-4-3-12-5-6-16-8(9,10)11/h12H,3-6H2,1-2H3,(H,13,15). The van der Waals surface area contributed by atoms with Gasteiger partial charge in [-0.3, -0.25) is 0 Å². The molecule has 0 atom stereocenters. The van der Waals surface area contributed by atoms with Gasteiger partial charge in [-0.05, 0) is 11.8 Å². The van der Waals surface area contributed by atoms with Gasteiger partial charge < -0.3 is 15.5 Å². The molecule has 0 unspecified atom stereocenters. The lowest BCUT2D eigenvalue weighted by molar-refractivity contribution is -0.0327. The van der Waals surface area contributed by atoms with Gasteiger partial charge in [-0.1, -0.05) is 0 Å². The second-order valence-electron chi connectivity index (χ2n) is 3.17. The minimum absolute atomic E-state index is 0.0227. The Labute approximate surface area is 96.9 Å². The lowest BCUT2D eigenvalue weighted by Crippen LogP contribution is -2.38. The van der Waals surface area contributed by atoms with Gasteiger partial charge in [-0.15, -0.1) is 0 Å². The molecule has 0 bridgehead atoms. The Morgan fingerprint density at radius 1 is 1.25 bits per heavy atom. The molecular weight excluding hydrogens is 243 g/mol. The van der Waals surface area contributed by atoms with Crippen molar-refractivity contribution < 1.29 is 18.0 Å². The van der Waals surface area contributed by atoms with Crippen LogP contribution in [0, 0.1) is 0 Å². The van der Waals surface area contributed by atoms with Crippen molar-refractivity contribution in [1.82, 2.24) is 15.5 Å². The van der Waals surface area contributed by atoms with E-state index < -0.39 is 5.51 Å². The number of carbonyl (C=O) groups is 1. The molecule has 0 aromatic carbocycles. The van der Waals surface area contributed by atoms with Crippen molar-refractivity contribution in [3.8, 4) is 0 Å². The molecule has 0 radical (unpaired) electrons. The topological polar surface area (TPSA) is 44.4 Å². The summed E-state index contributed by atoms with van der Waals surface area (Å²) in [7, 11) is 3.23. The van der Waals surface area contributed by atoms with E-state index in [1.54, 1.807) is 14.1 Å². The molecule has 0 heterocycles. The molecule has 8 heteroatoms. The molecule has 0 aliphatic carbocycles. The van der Waals surface area contributed by atoms with Gasteiger partial charge in [-0.2, -0.15) is 13.2 Å². The Morgan fingerprint density at radius 2 is 1.88 bits per heavy atom. The fourth-order valence-electron chi connectivity index (χ4n) is 0.780. The maximum Gasteiger partial charge on any atom is 0.441 e. The third-order valence-corrected chi connectivity index (χ3v) is 2.26. The van der Waals surface area contributed by atoms with E-state index in [-0.39, 0.29) is 30.1 Å². The SMILES string of the molecule is CN(C)C(=O)NCCNCCSC(F)(F)F. The van der Waals surface area contributed by atoms with Crippen LogP contribution in [0.1, 0.15) is 0 Å². The van der Waals surface area contributed by atoms with Crippen LogP contribution >= 0.6 is 11.8 Å². The normalized spacial score (nSPS) is 11.3. The summed E-state index contributed by atoms with van der Waals surface area (Å²) < 4.78 is 35.1. The van der Waals surface area contributed by atoms with Crippen LogP contribution in [0.3, 0.4) is 0 Å². The molecule has 0 saturated carbocycles. The Kier molecular flexibility index (Phi) is 7.31. The van der Waals surface area contributed by atoms with Crippen molar-refractivity contribution in [1.29, 1.82) is 0 Å². The second kappa shape index (κ2) is 7.61. The number of rotatable bonds is 6. The van der Waals surface area contributed by atoms with Crippen molar-refractivity contribution in [2.75, 3.05) is 39.5 Å². The third kappa shape index (κ3) is 9.91. The molecule has 0 spiro atoms. The Morgan fingerprint density at radius 3 is 2.38 bits per heavy atom. The van der Waals surface area contributed by atoms with Crippen LogP contribution in [0.2, 0.25) is 0 Å². The van der Waals surface area contributed by atoms with Gasteiger partial charge >= 0.3 is 11.5 Å². The molecule has 0 saturated heterocycles. The van der Waals surface area contributed by atoms with Crippen molar-refractivity contribution in [3.05, 3.63) is 0 Å². The summed E-state index contributed by atoms with van der Waals surface area (Å²) in [5.74, 6) is -0.0227. The number of nitrogens with zero attached hydrogens (tertiary/aromatic N) is 1. The van der Waals surface area contributed by atoms with Gasteiger partial charge in [0.1, 0.15) is 0 Å². The van der Waals surface area contributed by atoms with Crippen LogP contribution in [0.5, 0.6) is 0 Å². The monoisotopic (exact) mass is 259 g/mol. The van der Waals surface area contributed by atoms with Gasteiger partial charge in [0, 0.05) is 39.5 Å². The fourth-order valence-corrected chi connectivity index (χ4v) is 1.26. The summed E-state index contributed by atoms with van der Waals surface area (Å²) in [5.41, 5.74) is -4.17. The Hall–Kier alpha value is -0.630. The fraction of sp³-hybridized carbons (Fsp3) is 0.875. The molecule has 0 fully saturated rings. The highest BCUT2D eigenvalue weighted by Crippen LogP contribution is 2.29. The van der Waals surface area contributed by atoms with Gasteiger partial charge in [0.15, 0.2) is 0 Å². The first kappa shape index (κ1) is 15.4. The average molecular weight is 259 g/mol.